The van der Waals surface area contributed by atoms with Crippen LogP contribution in [0.2, 0.25) is 38.3 Å². The average Bonchev–Trinajstić information content (AvgIpc) is 2.43. The molecule has 0 heterocycles. The Labute approximate surface area is 185 Å². The summed E-state index contributed by atoms with van der Waals surface area (Å²) in [5.74, 6) is 0.484. The lowest BCUT2D eigenvalue weighted by Crippen LogP contribution is -2.40. The van der Waals surface area contributed by atoms with E-state index in [1.807, 2.05) is 18.2 Å². The van der Waals surface area contributed by atoms with Gasteiger partial charge in [-0.05, 0) is 73.2 Å². The van der Waals surface area contributed by atoms with Gasteiger partial charge in [-0.3, -0.25) is 4.79 Å². The number of carbonyl (C=O) groups is 1. The molecule has 0 aliphatic heterocycles. The molecule has 0 bridgehead atoms. The van der Waals surface area contributed by atoms with Gasteiger partial charge in [0.2, 0.25) is 16.6 Å². The quantitative estimate of drug-likeness (QED) is 0.455. The third-order valence-corrected chi connectivity index (χ3v) is 9.83. The molecule has 1 aromatic carbocycles. The van der Waals surface area contributed by atoms with E-state index in [0.29, 0.717) is 0 Å². The summed E-state index contributed by atoms with van der Waals surface area (Å²) >= 11 is 0. The van der Waals surface area contributed by atoms with E-state index in [1.54, 1.807) is 0 Å². The number of hydrogen-bond donors (Lipinski definition) is 2. The zero-order valence-corrected chi connectivity index (χ0v) is 22.7. The molecule has 0 unspecified atom stereocenters. The molecule has 1 aromatic rings. The Kier molecular flexibility index (Phi) is 8.41. The average molecular weight is 454 g/mol. The summed E-state index contributed by atoms with van der Waals surface area (Å²) in [5.41, 5.74) is 6.96. The number of rotatable bonds is 9. The molecule has 5 nitrogen and oxygen atoms in total. The summed E-state index contributed by atoms with van der Waals surface area (Å²) in [5, 5.41) is 9.17. The minimum absolute atomic E-state index is 0.167. The fraction of sp³-hybridized carbons (Fsp3) is 0.696. The second-order valence-electron chi connectivity index (χ2n) is 12.1. The summed E-state index contributed by atoms with van der Waals surface area (Å²) in [6.07, 6.45) is 0.260. The molecule has 0 saturated heterocycles. The number of aliphatic carboxylic acids is 1. The normalized spacial score (nSPS) is 14.4. The molecule has 1 atom stereocenters. The first-order chi connectivity index (χ1) is 13.3. The summed E-state index contributed by atoms with van der Waals surface area (Å²) in [6, 6.07) is 6.85. The van der Waals surface area contributed by atoms with Crippen LogP contribution in [-0.2, 0) is 11.2 Å². The van der Waals surface area contributed by atoms with E-state index in [4.69, 9.17) is 14.6 Å². The zero-order valence-electron chi connectivity index (χ0n) is 20.7. The van der Waals surface area contributed by atoms with Crippen molar-refractivity contribution in [1.29, 1.82) is 0 Å². The summed E-state index contributed by atoms with van der Waals surface area (Å²) in [7, 11) is -4.01. The maximum Gasteiger partial charge on any atom is 0.320 e. The van der Waals surface area contributed by atoms with Crippen molar-refractivity contribution in [3.8, 4) is 11.5 Å². The van der Waals surface area contributed by atoms with Crippen molar-refractivity contribution in [2.75, 3.05) is 0 Å². The van der Waals surface area contributed by atoms with Crippen molar-refractivity contribution >= 4 is 22.6 Å². The molecular formula is C23H43NO4Si2. The predicted molar refractivity (Wildman–Crippen MR) is 131 cm³/mol. The van der Waals surface area contributed by atoms with Gasteiger partial charge >= 0.3 is 5.97 Å². The SMILES string of the molecule is CC(C)(C)C[Si](C)(C)Oc1ccc(C[C@H](N)C(=O)O)cc1O[Si](C)(C)CC(C)(C)C. The minimum atomic E-state index is -2.03. The van der Waals surface area contributed by atoms with Crippen LogP contribution < -0.4 is 14.6 Å². The Morgan fingerprint density at radius 3 is 1.77 bits per heavy atom. The van der Waals surface area contributed by atoms with Gasteiger partial charge in [-0.15, -0.1) is 0 Å². The highest BCUT2D eigenvalue weighted by Crippen LogP contribution is 2.38. The molecule has 0 aliphatic rings. The molecule has 0 aliphatic carbocycles. The van der Waals surface area contributed by atoms with Crippen LogP contribution in [0, 0.1) is 10.8 Å². The molecule has 30 heavy (non-hydrogen) atoms. The first kappa shape index (κ1) is 26.7. The highest BCUT2D eigenvalue weighted by molar-refractivity contribution is 6.72. The maximum atomic E-state index is 11.2. The van der Waals surface area contributed by atoms with Gasteiger partial charge in [0.25, 0.3) is 0 Å². The number of hydrogen-bond acceptors (Lipinski definition) is 4. The Morgan fingerprint density at radius 1 is 0.933 bits per heavy atom. The van der Waals surface area contributed by atoms with E-state index in [1.165, 1.54) is 0 Å². The molecular weight excluding hydrogens is 410 g/mol. The highest BCUT2D eigenvalue weighted by atomic mass is 28.4. The molecule has 172 valence electrons. The molecule has 0 radical (unpaired) electrons. The van der Waals surface area contributed by atoms with Gasteiger partial charge in [-0.1, -0.05) is 47.6 Å². The van der Waals surface area contributed by atoms with Crippen LogP contribution in [0.15, 0.2) is 18.2 Å². The third-order valence-electron chi connectivity index (χ3n) is 4.47. The fourth-order valence-corrected chi connectivity index (χ4v) is 11.2. The van der Waals surface area contributed by atoms with Crippen molar-refractivity contribution in [3.63, 3.8) is 0 Å². The first-order valence-corrected chi connectivity index (χ1v) is 17.0. The van der Waals surface area contributed by atoms with Crippen LogP contribution in [-0.4, -0.2) is 33.8 Å². The Hall–Kier alpha value is -1.32. The zero-order chi connectivity index (χ0) is 23.5. The van der Waals surface area contributed by atoms with Crippen molar-refractivity contribution in [3.05, 3.63) is 23.8 Å². The number of benzene rings is 1. The predicted octanol–water partition coefficient (Wildman–Crippen LogP) is 5.90. The number of carboxylic acid groups (broad SMARTS) is 1. The topological polar surface area (TPSA) is 81.8 Å². The lowest BCUT2D eigenvalue weighted by molar-refractivity contribution is -0.138. The second kappa shape index (κ2) is 9.44. The monoisotopic (exact) mass is 453 g/mol. The van der Waals surface area contributed by atoms with Crippen molar-refractivity contribution < 1.29 is 18.8 Å². The molecule has 7 heteroatoms. The van der Waals surface area contributed by atoms with E-state index in [9.17, 15) is 9.90 Å². The lowest BCUT2D eigenvalue weighted by atomic mass is 10.0. The molecule has 3 N–H and O–H groups in total. The van der Waals surface area contributed by atoms with Crippen molar-refractivity contribution in [2.24, 2.45) is 16.6 Å². The van der Waals surface area contributed by atoms with E-state index in [-0.39, 0.29) is 17.3 Å². The van der Waals surface area contributed by atoms with E-state index >= 15 is 0 Å². The third kappa shape index (κ3) is 10.1. The van der Waals surface area contributed by atoms with Gasteiger partial charge in [0, 0.05) is 0 Å². The van der Waals surface area contributed by atoms with Gasteiger partial charge in [0.15, 0.2) is 0 Å². The Morgan fingerprint density at radius 2 is 1.37 bits per heavy atom. The Bertz CT molecular complexity index is 734. The summed E-state index contributed by atoms with van der Waals surface area (Å²) in [4.78, 5) is 11.2. The minimum Gasteiger partial charge on any atom is -0.542 e. The molecule has 0 aromatic heterocycles. The first-order valence-electron chi connectivity index (χ1n) is 10.8. The van der Waals surface area contributed by atoms with Crippen LogP contribution in [0.1, 0.15) is 47.1 Å². The molecule has 1 rings (SSSR count). The van der Waals surface area contributed by atoms with E-state index < -0.39 is 28.6 Å². The summed E-state index contributed by atoms with van der Waals surface area (Å²) < 4.78 is 13.2. The van der Waals surface area contributed by atoms with E-state index in [2.05, 4.69) is 67.7 Å². The van der Waals surface area contributed by atoms with Gasteiger partial charge < -0.3 is 19.7 Å². The van der Waals surface area contributed by atoms with Crippen LogP contribution >= 0.6 is 0 Å². The standard InChI is InChI=1S/C23H43NO4Si2/c1-22(2,3)15-29(7,8)27-19-12-11-17(13-18(24)21(25)26)14-20(19)28-30(9,10)16-23(4,5)6/h11-12,14,18H,13,15-16,24H2,1-10H3,(H,25,26)/t18-/m0/s1. The van der Waals surface area contributed by atoms with E-state index in [0.717, 1.165) is 29.2 Å². The number of carboxylic acids is 1. The van der Waals surface area contributed by atoms with Crippen molar-refractivity contribution in [1.82, 2.24) is 0 Å². The van der Waals surface area contributed by atoms with Gasteiger partial charge in [0.1, 0.15) is 17.5 Å². The van der Waals surface area contributed by atoms with Crippen LogP contribution in [0.4, 0.5) is 0 Å². The van der Waals surface area contributed by atoms with Crippen LogP contribution in [0.5, 0.6) is 11.5 Å². The molecule has 0 fully saturated rings. The summed E-state index contributed by atoms with van der Waals surface area (Å²) in [6.45, 7) is 22.3. The van der Waals surface area contributed by atoms with Crippen molar-refractivity contribution in [2.45, 2.75) is 92.3 Å². The van der Waals surface area contributed by atoms with Gasteiger partial charge in [-0.25, -0.2) is 0 Å². The molecule has 0 amide bonds. The van der Waals surface area contributed by atoms with Gasteiger partial charge in [0.05, 0.1) is 0 Å². The highest BCUT2D eigenvalue weighted by Gasteiger charge is 2.34. The maximum absolute atomic E-state index is 11.2. The molecule has 0 spiro atoms. The lowest BCUT2D eigenvalue weighted by Gasteiger charge is -2.34. The molecule has 0 saturated carbocycles. The largest absolute Gasteiger partial charge is 0.542 e. The van der Waals surface area contributed by atoms with Crippen LogP contribution in [0.25, 0.3) is 0 Å². The fourth-order valence-electron chi connectivity index (χ4n) is 4.41. The Balaban J connectivity index is 3.27. The second-order valence-corrected chi connectivity index (χ2v) is 20.3. The van der Waals surface area contributed by atoms with Crippen LogP contribution in [0.3, 0.4) is 0 Å². The smallest absolute Gasteiger partial charge is 0.320 e. The van der Waals surface area contributed by atoms with Gasteiger partial charge in [-0.2, -0.15) is 0 Å². The number of nitrogens with two attached hydrogens (primary N) is 1.